The molecule has 7 nitrogen and oxygen atoms in total. The predicted octanol–water partition coefficient (Wildman–Crippen LogP) is 4.43. The molecular weight excluding hydrogens is 471 g/mol. The minimum absolute atomic E-state index is 0.120. The van der Waals surface area contributed by atoms with E-state index in [1.807, 2.05) is 0 Å². The highest BCUT2D eigenvalue weighted by atomic mass is 32.2. The standard InChI is InChI=1S/C23H28F3N3O4S/c1-22(2,3)33-21(31)28-11-10-16-17(12-28)27-20(34-4)29(19(16)30)18(13-32-14-23(24,25)26)15-8-6-5-7-9-15/h5-9,18H,10-14H2,1-4H3. The highest BCUT2D eigenvalue weighted by Crippen LogP contribution is 2.27. The zero-order valence-electron chi connectivity index (χ0n) is 19.5. The molecular formula is C23H28F3N3O4S. The number of carbonyl (C=O) groups is 1. The SMILES string of the molecule is CSc1nc2c(c(=O)n1C(COCC(F)(F)F)c1ccccc1)CCN(C(=O)OC(C)(C)C)C2. The lowest BCUT2D eigenvalue weighted by molar-refractivity contribution is -0.175. The fourth-order valence-corrected chi connectivity index (χ4v) is 4.27. The topological polar surface area (TPSA) is 73.7 Å². The summed E-state index contributed by atoms with van der Waals surface area (Å²) >= 11 is 1.20. The van der Waals surface area contributed by atoms with E-state index in [2.05, 4.69) is 4.98 Å². The Kier molecular flexibility index (Phi) is 7.97. The normalized spacial score (nSPS) is 15.1. The van der Waals surface area contributed by atoms with Gasteiger partial charge in [0.05, 0.1) is 24.9 Å². The van der Waals surface area contributed by atoms with E-state index < -0.39 is 30.5 Å². The van der Waals surface area contributed by atoms with Gasteiger partial charge in [0.25, 0.3) is 5.56 Å². The molecule has 1 atom stereocenters. The summed E-state index contributed by atoms with van der Waals surface area (Å²) in [6.45, 7) is 3.96. The van der Waals surface area contributed by atoms with Crippen LogP contribution in [0.25, 0.3) is 0 Å². The second-order valence-electron chi connectivity index (χ2n) is 8.91. The molecule has 0 radical (unpaired) electrons. The van der Waals surface area contributed by atoms with Crippen molar-refractivity contribution >= 4 is 17.9 Å². The van der Waals surface area contributed by atoms with Gasteiger partial charge in [-0.3, -0.25) is 9.36 Å². The van der Waals surface area contributed by atoms with E-state index in [0.29, 0.717) is 22.0 Å². The van der Waals surface area contributed by atoms with Gasteiger partial charge in [-0.1, -0.05) is 42.1 Å². The summed E-state index contributed by atoms with van der Waals surface area (Å²) in [5.74, 6) is 0. The van der Waals surface area contributed by atoms with E-state index in [1.165, 1.54) is 21.2 Å². The van der Waals surface area contributed by atoms with Crippen LogP contribution in [0.4, 0.5) is 18.0 Å². The largest absolute Gasteiger partial charge is 0.444 e. The predicted molar refractivity (Wildman–Crippen MR) is 122 cm³/mol. The Morgan fingerprint density at radius 2 is 1.88 bits per heavy atom. The van der Waals surface area contributed by atoms with Crippen LogP contribution in [0.1, 0.15) is 43.6 Å². The molecule has 0 saturated carbocycles. The first-order chi connectivity index (χ1) is 15.9. The van der Waals surface area contributed by atoms with Crippen molar-refractivity contribution < 1.29 is 27.4 Å². The summed E-state index contributed by atoms with van der Waals surface area (Å²) in [4.78, 5) is 32.2. The molecule has 1 unspecified atom stereocenters. The molecule has 0 aliphatic carbocycles. The van der Waals surface area contributed by atoms with Crippen molar-refractivity contribution in [3.05, 3.63) is 57.5 Å². The third kappa shape index (κ3) is 6.53. The van der Waals surface area contributed by atoms with Crippen LogP contribution in [0.15, 0.2) is 40.3 Å². The summed E-state index contributed by atoms with van der Waals surface area (Å²) in [5, 5.41) is 0.333. The molecule has 1 aromatic heterocycles. The second-order valence-corrected chi connectivity index (χ2v) is 9.68. The molecule has 11 heteroatoms. The molecule has 0 N–H and O–H groups in total. The number of benzene rings is 1. The van der Waals surface area contributed by atoms with Gasteiger partial charge in [-0.05, 0) is 39.0 Å². The van der Waals surface area contributed by atoms with Crippen LogP contribution in [0, 0.1) is 0 Å². The van der Waals surface area contributed by atoms with Crippen LogP contribution < -0.4 is 5.56 Å². The van der Waals surface area contributed by atoms with Crippen LogP contribution in [0.5, 0.6) is 0 Å². The van der Waals surface area contributed by atoms with Crippen molar-refractivity contribution in [2.45, 2.75) is 56.7 Å². The lowest BCUT2D eigenvalue weighted by atomic mass is 10.0. The van der Waals surface area contributed by atoms with Crippen LogP contribution >= 0.6 is 11.8 Å². The fourth-order valence-electron chi connectivity index (χ4n) is 3.66. The fraction of sp³-hybridized carbons (Fsp3) is 0.522. The Bertz CT molecular complexity index is 1070. The molecule has 0 saturated heterocycles. The van der Waals surface area contributed by atoms with Gasteiger partial charge in [-0.25, -0.2) is 9.78 Å². The molecule has 1 amide bonds. The lowest BCUT2D eigenvalue weighted by Gasteiger charge is -2.32. The highest BCUT2D eigenvalue weighted by molar-refractivity contribution is 7.98. The molecule has 3 rings (SSSR count). The van der Waals surface area contributed by atoms with E-state index in [9.17, 15) is 22.8 Å². The van der Waals surface area contributed by atoms with Crippen molar-refractivity contribution in [3.63, 3.8) is 0 Å². The zero-order chi connectivity index (χ0) is 25.1. The molecule has 2 aromatic rings. The maximum atomic E-state index is 13.6. The number of thioether (sulfide) groups is 1. The van der Waals surface area contributed by atoms with E-state index >= 15 is 0 Å². The minimum Gasteiger partial charge on any atom is -0.444 e. The summed E-state index contributed by atoms with van der Waals surface area (Å²) in [5.41, 5.74) is 0.538. The second kappa shape index (κ2) is 10.4. The van der Waals surface area contributed by atoms with Gasteiger partial charge in [-0.2, -0.15) is 13.2 Å². The number of amides is 1. The number of carbonyl (C=O) groups excluding carboxylic acids is 1. The summed E-state index contributed by atoms with van der Waals surface area (Å²) in [6.07, 6.45) is -2.97. The molecule has 1 aromatic carbocycles. The van der Waals surface area contributed by atoms with E-state index in [0.717, 1.165) is 0 Å². The maximum absolute atomic E-state index is 13.6. The number of nitrogens with zero attached hydrogens (tertiary/aromatic N) is 3. The van der Waals surface area contributed by atoms with Crippen LogP contribution in [-0.2, 0) is 22.4 Å². The average molecular weight is 500 g/mol. The van der Waals surface area contributed by atoms with E-state index in [4.69, 9.17) is 9.47 Å². The summed E-state index contributed by atoms with van der Waals surface area (Å²) < 4.78 is 49.9. The number of alkyl halides is 3. The van der Waals surface area contributed by atoms with Gasteiger partial charge in [0.2, 0.25) is 0 Å². The smallest absolute Gasteiger partial charge is 0.411 e. The quantitative estimate of drug-likeness (QED) is 0.433. The van der Waals surface area contributed by atoms with Crippen molar-refractivity contribution in [1.29, 1.82) is 0 Å². The first-order valence-electron chi connectivity index (χ1n) is 10.8. The third-order valence-corrected chi connectivity index (χ3v) is 5.76. The number of rotatable bonds is 6. The number of fused-ring (bicyclic) bond motifs is 1. The van der Waals surface area contributed by atoms with Crippen LogP contribution in [-0.4, -0.2) is 58.3 Å². The number of hydrogen-bond donors (Lipinski definition) is 0. The molecule has 1 aliphatic heterocycles. The van der Waals surface area contributed by atoms with Gasteiger partial charge in [-0.15, -0.1) is 0 Å². The van der Waals surface area contributed by atoms with Crippen LogP contribution in [0.2, 0.25) is 0 Å². The first-order valence-corrected chi connectivity index (χ1v) is 12.0. The van der Waals surface area contributed by atoms with Crippen molar-refractivity contribution in [3.8, 4) is 0 Å². The molecule has 34 heavy (non-hydrogen) atoms. The Morgan fingerprint density at radius 1 is 1.21 bits per heavy atom. The minimum atomic E-state index is -4.48. The number of ether oxygens (including phenoxy) is 2. The molecule has 0 bridgehead atoms. The van der Waals surface area contributed by atoms with Crippen molar-refractivity contribution in [1.82, 2.24) is 14.5 Å². The highest BCUT2D eigenvalue weighted by Gasteiger charge is 2.32. The molecule has 0 spiro atoms. The Hall–Kier alpha value is -2.53. The Morgan fingerprint density at radius 3 is 2.47 bits per heavy atom. The zero-order valence-corrected chi connectivity index (χ0v) is 20.3. The van der Waals surface area contributed by atoms with Gasteiger partial charge >= 0.3 is 12.3 Å². The van der Waals surface area contributed by atoms with Gasteiger partial charge < -0.3 is 14.4 Å². The Balaban J connectivity index is 1.97. The molecule has 2 heterocycles. The maximum Gasteiger partial charge on any atom is 0.411 e. The van der Waals surface area contributed by atoms with E-state index in [-0.39, 0.29) is 31.7 Å². The molecule has 1 aliphatic rings. The number of hydrogen-bond acceptors (Lipinski definition) is 6. The monoisotopic (exact) mass is 499 g/mol. The van der Waals surface area contributed by atoms with Crippen molar-refractivity contribution in [2.75, 3.05) is 26.0 Å². The number of aromatic nitrogens is 2. The van der Waals surface area contributed by atoms with Gasteiger partial charge in [0.15, 0.2) is 5.16 Å². The van der Waals surface area contributed by atoms with E-state index in [1.54, 1.807) is 57.4 Å². The molecule has 186 valence electrons. The summed E-state index contributed by atoms with van der Waals surface area (Å²) in [7, 11) is 0. The van der Waals surface area contributed by atoms with Gasteiger partial charge in [0, 0.05) is 12.1 Å². The molecule has 0 fully saturated rings. The lowest BCUT2D eigenvalue weighted by Crippen LogP contribution is -2.44. The van der Waals surface area contributed by atoms with Crippen LogP contribution in [0.3, 0.4) is 0 Å². The third-order valence-electron chi connectivity index (χ3n) is 5.11. The van der Waals surface area contributed by atoms with Crippen molar-refractivity contribution in [2.24, 2.45) is 0 Å². The Labute approximate surface area is 200 Å². The average Bonchev–Trinajstić information content (AvgIpc) is 2.75. The number of halogens is 3. The first kappa shape index (κ1) is 26.1. The van der Waals surface area contributed by atoms with Gasteiger partial charge in [0.1, 0.15) is 12.2 Å². The summed E-state index contributed by atoms with van der Waals surface area (Å²) in [6, 6.07) is 7.97.